The van der Waals surface area contributed by atoms with Crippen LogP contribution in [0.3, 0.4) is 0 Å². The summed E-state index contributed by atoms with van der Waals surface area (Å²) in [4.78, 5) is 19.5. The maximum absolute atomic E-state index is 13.7. The molecule has 0 aliphatic carbocycles. The van der Waals surface area contributed by atoms with Crippen LogP contribution in [0, 0.1) is 5.82 Å². The van der Waals surface area contributed by atoms with Crippen molar-refractivity contribution in [3.8, 4) is 5.75 Å². The van der Waals surface area contributed by atoms with Gasteiger partial charge in [0.05, 0.1) is 11.4 Å². The summed E-state index contributed by atoms with van der Waals surface area (Å²) in [7, 11) is 1.69. The number of benzene rings is 2. The standard InChI is InChI=1S/C18H17ClFN3O2/c1-21-18(22-5-2-6-22)16-4-3-12(19)7-17(16)23(11-24)14-8-13(20)9-15(25)10-14/h3-4,7-11,25H,2,5-6H2,1H3. The second kappa shape index (κ2) is 7.11. The van der Waals surface area contributed by atoms with Crippen LogP contribution in [0.25, 0.3) is 0 Å². The Labute approximate surface area is 150 Å². The quantitative estimate of drug-likeness (QED) is 0.514. The maximum Gasteiger partial charge on any atom is 0.218 e. The monoisotopic (exact) mass is 361 g/mol. The van der Waals surface area contributed by atoms with Crippen LogP contribution in [0.4, 0.5) is 15.8 Å². The van der Waals surface area contributed by atoms with Crippen LogP contribution in [0.15, 0.2) is 41.4 Å². The number of hydrogen-bond donors (Lipinski definition) is 1. The molecule has 0 unspecified atom stereocenters. The molecule has 5 nitrogen and oxygen atoms in total. The number of phenolic OH excluding ortho intramolecular Hbond substituents is 1. The third-order valence-corrected chi connectivity index (χ3v) is 4.31. The zero-order chi connectivity index (χ0) is 18.0. The van der Waals surface area contributed by atoms with Crippen LogP contribution >= 0.6 is 11.6 Å². The average Bonchev–Trinajstić information content (AvgIpc) is 2.51. The summed E-state index contributed by atoms with van der Waals surface area (Å²) in [5, 5.41) is 10.1. The zero-order valence-electron chi connectivity index (χ0n) is 13.6. The lowest BCUT2D eigenvalue weighted by Gasteiger charge is -2.35. The summed E-state index contributed by atoms with van der Waals surface area (Å²) in [5.74, 6) is -0.166. The van der Waals surface area contributed by atoms with E-state index >= 15 is 0 Å². The Morgan fingerprint density at radius 2 is 2.08 bits per heavy atom. The molecule has 0 bridgehead atoms. The topological polar surface area (TPSA) is 56.1 Å². The van der Waals surface area contributed by atoms with Crippen LogP contribution in [-0.2, 0) is 4.79 Å². The lowest BCUT2D eigenvalue weighted by Crippen LogP contribution is -2.43. The van der Waals surface area contributed by atoms with Gasteiger partial charge in [0.25, 0.3) is 0 Å². The summed E-state index contributed by atoms with van der Waals surface area (Å²) in [6.45, 7) is 1.77. The van der Waals surface area contributed by atoms with Gasteiger partial charge in [0.1, 0.15) is 17.4 Å². The highest BCUT2D eigenvalue weighted by Gasteiger charge is 2.24. The van der Waals surface area contributed by atoms with Crippen molar-refractivity contribution < 1.29 is 14.3 Å². The van der Waals surface area contributed by atoms with Gasteiger partial charge in [-0.3, -0.25) is 14.7 Å². The molecule has 1 N–H and O–H groups in total. The molecule has 2 aromatic carbocycles. The smallest absolute Gasteiger partial charge is 0.218 e. The van der Waals surface area contributed by atoms with E-state index in [4.69, 9.17) is 11.6 Å². The number of hydrogen-bond acceptors (Lipinski definition) is 3. The lowest BCUT2D eigenvalue weighted by atomic mass is 10.1. The van der Waals surface area contributed by atoms with Gasteiger partial charge >= 0.3 is 0 Å². The van der Waals surface area contributed by atoms with Gasteiger partial charge in [-0.15, -0.1) is 0 Å². The Morgan fingerprint density at radius 3 is 2.64 bits per heavy atom. The van der Waals surface area contributed by atoms with Gasteiger partial charge in [0.15, 0.2) is 0 Å². The van der Waals surface area contributed by atoms with E-state index in [1.165, 1.54) is 17.0 Å². The number of amidine groups is 1. The first-order chi connectivity index (χ1) is 12.0. The van der Waals surface area contributed by atoms with Crippen LogP contribution in [0.2, 0.25) is 5.02 Å². The fourth-order valence-electron chi connectivity index (χ4n) is 2.81. The number of rotatable bonds is 4. The molecule has 1 aliphatic rings. The van der Waals surface area contributed by atoms with E-state index in [9.17, 15) is 14.3 Å². The first-order valence-electron chi connectivity index (χ1n) is 7.79. The van der Waals surface area contributed by atoms with Gasteiger partial charge in [-0.05, 0) is 30.7 Å². The van der Waals surface area contributed by atoms with Crippen LogP contribution in [0.5, 0.6) is 5.75 Å². The molecule has 25 heavy (non-hydrogen) atoms. The predicted octanol–water partition coefficient (Wildman–Crippen LogP) is 3.56. The molecule has 1 fully saturated rings. The van der Waals surface area contributed by atoms with Crippen molar-refractivity contribution >= 4 is 35.2 Å². The number of nitrogens with zero attached hydrogens (tertiary/aromatic N) is 3. The molecule has 1 heterocycles. The number of aromatic hydroxyl groups is 1. The predicted molar refractivity (Wildman–Crippen MR) is 96.4 cm³/mol. The summed E-state index contributed by atoms with van der Waals surface area (Å²) in [6.07, 6.45) is 1.64. The molecule has 1 amide bonds. The summed E-state index contributed by atoms with van der Waals surface area (Å²) >= 11 is 6.12. The van der Waals surface area contributed by atoms with Crippen molar-refractivity contribution in [3.63, 3.8) is 0 Å². The third kappa shape index (κ3) is 3.44. The van der Waals surface area contributed by atoms with Crippen molar-refractivity contribution in [1.82, 2.24) is 4.90 Å². The van der Waals surface area contributed by atoms with Gasteiger partial charge in [-0.1, -0.05) is 11.6 Å². The van der Waals surface area contributed by atoms with Crippen molar-refractivity contribution in [3.05, 3.63) is 52.8 Å². The Hall–Kier alpha value is -2.60. The molecule has 0 spiro atoms. The molecule has 0 atom stereocenters. The lowest BCUT2D eigenvalue weighted by molar-refractivity contribution is -0.106. The number of likely N-dealkylation sites (tertiary alicyclic amines) is 1. The number of aliphatic imine (C=N–C) groups is 1. The highest BCUT2D eigenvalue weighted by atomic mass is 35.5. The van der Waals surface area contributed by atoms with Gasteiger partial charge in [-0.2, -0.15) is 0 Å². The Balaban J connectivity index is 2.13. The molecule has 3 rings (SSSR count). The molecule has 1 saturated heterocycles. The summed E-state index contributed by atoms with van der Waals surface area (Å²) < 4.78 is 13.7. The minimum atomic E-state index is -0.641. The number of carbonyl (C=O) groups is 1. The largest absolute Gasteiger partial charge is 0.508 e. The van der Waals surface area contributed by atoms with Crippen molar-refractivity contribution in [2.24, 2.45) is 4.99 Å². The first kappa shape index (κ1) is 17.2. The minimum Gasteiger partial charge on any atom is -0.508 e. The molecule has 1 aliphatic heterocycles. The Kier molecular flexibility index (Phi) is 4.90. The summed E-state index contributed by atoms with van der Waals surface area (Å²) in [5.41, 5.74) is 1.39. The van der Waals surface area contributed by atoms with Crippen molar-refractivity contribution in [2.45, 2.75) is 6.42 Å². The average molecular weight is 362 g/mol. The van der Waals surface area contributed by atoms with E-state index < -0.39 is 5.82 Å². The fourth-order valence-corrected chi connectivity index (χ4v) is 2.97. The second-order valence-electron chi connectivity index (χ2n) is 5.69. The van der Waals surface area contributed by atoms with Gasteiger partial charge in [0.2, 0.25) is 6.41 Å². The SMILES string of the molecule is CN=C(c1ccc(Cl)cc1N(C=O)c1cc(O)cc(F)c1)N1CCC1. The highest BCUT2D eigenvalue weighted by molar-refractivity contribution is 6.31. The van der Waals surface area contributed by atoms with E-state index in [0.29, 0.717) is 22.7 Å². The van der Waals surface area contributed by atoms with Gasteiger partial charge in [-0.25, -0.2) is 4.39 Å². The van der Waals surface area contributed by atoms with E-state index in [-0.39, 0.29) is 11.4 Å². The molecule has 7 heteroatoms. The van der Waals surface area contributed by atoms with Crippen LogP contribution < -0.4 is 4.90 Å². The molecule has 0 aromatic heterocycles. The first-order valence-corrected chi connectivity index (χ1v) is 8.17. The fraction of sp³-hybridized carbons (Fsp3) is 0.222. The van der Waals surface area contributed by atoms with E-state index in [1.807, 2.05) is 0 Å². The summed E-state index contributed by atoms with van der Waals surface area (Å²) in [6, 6.07) is 8.59. The zero-order valence-corrected chi connectivity index (χ0v) is 14.4. The number of carbonyl (C=O) groups excluding carboxylic acids is 1. The molecule has 0 radical (unpaired) electrons. The molecule has 0 saturated carbocycles. The second-order valence-corrected chi connectivity index (χ2v) is 6.13. The Bertz CT molecular complexity index is 817. The molecular formula is C18H17ClFN3O2. The minimum absolute atomic E-state index is 0.204. The number of halogens is 2. The third-order valence-electron chi connectivity index (χ3n) is 4.08. The van der Waals surface area contributed by atoms with E-state index in [2.05, 4.69) is 9.89 Å². The van der Waals surface area contributed by atoms with Gasteiger partial charge < -0.3 is 10.0 Å². The molecule has 130 valence electrons. The van der Waals surface area contributed by atoms with Crippen LogP contribution in [-0.4, -0.2) is 42.4 Å². The number of anilines is 2. The Morgan fingerprint density at radius 1 is 1.32 bits per heavy atom. The van der Waals surface area contributed by atoms with Gasteiger partial charge in [0, 0.05) is 42.9 Å². The maximum atomic E-state index is 13.7. The van der Waals surface area contributed by atoms with Crippen molar-refractivity contribution in [1.29, 1.82) is 0 Å². The van der Waals surface area contributed by atoms with Crippen LogP contribution in [0.1, 0.15) is 12.0 Å². The molecular weight excluding hydrogens is 345 g/mol. The highest BCUT2D eigenvalue weighted by Crippen LogP contribution is 2.33. The number of phenols is 1. The van der Waals surface area contributed by atoms with E-state index in [0.717, 1.165) is 31.4 Å². The number of amides is 1. The normalized spacial score (nSPS) is 14.2. The van der Waals surface area contributed by atoms with E-state index in [1.54, 1.807) is 25.2 Å². The molecule has 2 aromatic rings. The van der Waals surface area contributed by atoms with Crippen molar-refractivity contribution in [2.75, 3.05) is 25.0 Å².